The number of carbonyl (C=O) groups is 2. The van der Waals surface area contributed by atoms with E-state index in [2.05, 4.69) is 15.3 Å². The molecule has 25 heavy (non-hydrogen) atoms. The van der Waals surface area contributed by atoms with E-state index >= 15 is 0 Å². The van der Waals surface area contributed by atoms with Crippen LogP contribution in [0.1, 0.15) is 32.1 Å². The van der Waals surface area contributed by atoms with Crippen molar-refractivity contribution in [3.8, 4) is 0 Å². The van der Waals surface area contributed by atoms with Crippen LogP contribution < -0.4 is 5.32 Å². The van der Waals surface area contributed by atoms with Crippen LogP contribution >= 0.6 is 11.3 Å². The van der Waals surface area contributed by atoms with E-state index in [0.717, 1.165) is 23.5 Å². The first-order chi connectivity index (χ1) is 11.8. The fourth-order valence-corrected chi connectivity index (χ4v) is 3.39. The Morgan fingerprint density at radius 3 is 2.60 bits per heavy atom. The highest BCUT2D eigenvalue weighted by molar-refractivity contribution is 7.22. The van der Waals surface area contributed by atoms with Gasteiger partial charge in [-0.05, 0) is 25.5 Å². The van der Waals surface area contributed by atoms with Crippen LogP contribution in [0.4, 0.5) is 13.9 Å². The molecule has 130 valence electrons. The van der Waals surface area contributed by atoms with Crippen molar-refractivity contribution >= 4 is 38.6 Å². The predicted molar refractivity (Wildman–Crippen MR) is 89.1 cm³/mol. The average Bonchev–Trinajstić information content (AvgIpc) is 3.07. The number of aryl methyl sites for hydroxylation is 1. The van der Waals surface area contributed by atoms with E-state index in [1.807, 2.05) is 0 Å². The van der Waals surface area contributed by atoms with Gasteiger partial charge in [-0.1, -0.05) is 11.3 Å². The van der Waals surface area contributed by atoms with Crippen LogP contribution in [0.5, 0.6) is 0 Å². The maximum atomic E-state index is 13.3. The van der Waals surface area contributed by atoms with Crippen molar-refractivity contribution in [2.45, 2.75) is 13.8 Å². The number of aromatic amines is 1. The highest BCUT2D eigenvalue weighted by Gasteiger charge is 2.23. The van der Waals surface area contributed by atoms with Crippen LogP contribution in [-0.2, 0) is 4.74 Å². The zero-order chi connectivity index (χ0) is 18.3. The summed E-state index contributed by atoms with van der Waals surface area (Å²) in [6, 6.07) is 1.99. The van der Waals surface area contributed by atoms with E-state index in [-0.39, 0.29) is 16.3 Å². The third kappa shape index (κ3) is 2.98. The molecule has 0 fully saturated rings. The summed E-state index contributed by atoms with van der Waals surface area (Å²) in [5, 5.41) is 2.76. The Kier molecular flexibility index (Phi) is 4.25. The van der Waals surface area contributed by atoms with E-state index in [4.69, 9.17) is 4.74 Å². The second-order valence-corrected chi connectivity index (χ2v) is 6.35. The monoisotopic (exact) mass is 365 g/mol. The molecule has 0 atom stereocenters. The van der Waals surface area contributed by atoms with Crippen molar-refractivity contribution < 1.29 is 23.1 Å². The molecule has 1 amide bonds. The second kappa shape index (κ2) is 6.25. The highest BCUT2D eigenvalue weighted by atomic mass is 32.1. The molecular formula is C16H13F2N3O3S. The number of benzene rings is 1. The van der Waals surface area contributed by atoms with E-state index < -0.39 is 23.5 Å². The maximum Gasteiger partial charge on any atom is 0.339 e. The second-order valence-electron chi connectivity index (χ2n) is 5.32. The van der Waals surface area contributed by atoms with Crippen molar-refractivity contribution in [1.29, 1.82) is 0 Å². The minimum atomic E-state index is -1.01. The molecule has 0 saturated heterocycles. The van der Waals surface area contributed by atoms with Gasteiger partial charge in [0, 0.05) is 11.8 Å². The average molecular weight is 365 g/mol. The number of anilines is 1. The third-order valence-corrected chi connectivity index (χ3v) is 4.64. The number of rotatable bonds is 3. The van der Waals surface area contributed by atoms with Crippen LogP contribution in [0.2, 0.25) is 0 Å². The number of carbonyl (C=O) groups excluding carboxylic acids is 2. The molecule has 0 bridgehead atoms. The van der Waals surface area contributed by atoms with Gasteiger partial charge in [-0.15, -0.1) is 0 Å². The van der Waals surface area contributed by atoms with Gasteiger partial charge in [0.15, 0.2) is 16.8 Å². The minimum absolute atomic E-state index is 0.189. The number of ether oxygens (including phenoxy) is 1. The number of hydrogen-bond donors (Lipinski definition) is 2. The summed E-state index contributed by atoms with van der Waals surface area (Å²) < 4.78 is 31.6. The summed E-state index contributed by atoms with van der Waals surface area (Å²) >= 11 is 1.02. The summed E-state index contributed by atoms with van der Waals surface area (Å²) in [5.41, 5.74) is 1.67. The smallest absolute Gasteiger partial charge is 0.339 e. The Labute approximate surface area is 144 Å². The van der Waals surface area contributed by atoms with Crippen molar-refractivity contribution in [3.63, 3.8) is 0 Å². The number of nitrogens with zero attached hydrogens (tertiary/aromatic N) is 1. The summed E-state index contributed by atoms with van der Waals surface area (Å²) in [7, 11) is 1.26. The summed E-state index contributed by atoms with van der Waals surface area (Å²) in [6.07, 6.45) is 0. The molecule has 0 aliphatic heterocycles. The molecule has 0 spiro atoms. The molecule has 0 aliphatic rings. The molecule has 0 aliphatic carbocycles. The first-order valence-electron chi connectivity index (χ1n) is 7.16. The van der Waals surface area contributed by atoms with Crippen molar-refractivity contribution in [3.05, 3.63) is 46.3 Å². The van der Waals surface area contributed by atoms with Gasteiger partial charge in [-0.3, -0.25) is 10.1 Å². The highest BCUT2D eigenvalue weighted by Crippen LogP contribution is 2.28. The summed E-state index contributed by atoms with van der Waals surface area (Å²) in [6.45, 7) is 3.27. The fraction of sp³-hybridized carbons (Fsp3) is 0.188. The number of fused-ring (bicyclic) bond motifs is 1. The maximum absolute atomic E-state index is 13.3. The third-order valence-electron chi connectivity index (χ3n) is 3.71. The Morgan fingerprint density at radius 1 is 1.24 bits per heavy atom. The van der Waals surface area contributed by atoms with Crippen LogP contribution in [0.25, 0.3) is 10.2 Å². The van der Waals surface area contributed by atoms with Crippen LogP contribution in [-0.4, -0.2) is 29.0 Å². The first kappa shape index (κ1) is 17.0. The number of hydrogen-bond acceptors (Lipinski definition) is 5. The van der Waals surface area contributed by atoms with Gasteiger partial charge in [0.05, 0.1) is 22.9 Å². The molecule has 2 heterocycles. The largest absolute Gasteiger partial charge is 0.465 e. The molecule has 2 N–H and O–H groups in total. The molecule has 1 aromatic carbocycles. The standard InChI is InChI=1S/C16H13F2N3O3S/c1-6-12(15(23)24-3)7(2)19-13(6)14(22)21-16-20-10-4-8(17)9(18)5-11(10)25-16/h4-5,19H,1-3H3,(H,20,21,22). The van der Waals surface area contributed by atoms with Gasteiger partial charge >= 0.3 is 5.97 Å². The molecule has 3 rings (SSSR count). The van der Waals surface area contributed by atoms with E-state index in [1.165, 1.54) is 7.11 Å². The molecule has 3 aromatic rings. The summed E-state index contributed by atoms with van der Waals surface area (Å²) in [4.78, 5) is 31.1. The quantitative estimate of drug-likeness (QED) is 0.695. The predicted octanol–water partition coefficient (Wildman–Crippen LogP) is 3.56. The van der Waals surface area contributed by atoms with Crippen molar-refractivity contribution in [1.82, 2.24) is 9.97 Å². The van der Waals surface area contributed by atoms with Gasteiger partial charge in [-0.25, -0.2) is 18.6 Å². The van der Waals surface area contributed by atoms with Gasteiger partial charge in [0.25, 0.3) is 5.91 Å². The molecule has 0 radical (unpaired) electrons. The van der Waals surface area contributed by atoms with Crippen LogP contribution in [0.15, 0.2) is 12.1 Å². The zero-order valence-corrected chi connectivity index (χ0v) is 14.3. The van der Waals surface area contributed by atoms with Crippen LogP contribution in [0, 0.1) is 25.5 Å². The van der Waals surface area contributed by atoms with Crippen molar-refractivity contribution in [2.24, 2.45) is 0 Å². The van der Waals surface area contributed by atoms with Crippen molar-refractivity contribution in [2.75, 3.05) is 12.4 Å². The van der Waals surface area contributed by atoms with Crippen LogP contribution in [0.3, 0.4) is 0 Å². The van der Waals surface area contributed by atoms with E-state index in [1.54, 1.807) is 13.8 Å². The van der Waals surface area contributed by atoms with Gasteiger partial charge in [0.1, 0.15) is 5.69 Å². The topological polar surface area (TPSA) is 84.1 Å². The SMILES string of the molecule is COC(=O)c1c(C)[nH]c(C(=O)Nc2nc3cc(F)c(F)cc3s2)c1C. The molecule has 9 heteroatoms. The van der Waals surface area contributed by atoms with E-state index in [0.29, 0.717) is 21.5 Å². The van der Waals surface area contributed by atoms with Gasteiger partial charge in [-0.2, -0.15) is 0 Å². The zero-order valence-electron chi connectivity index (χ0n) is 13.5. The number of amides is 1. The molecule has 0 unspecified atom stereocenters. The molecule has 0 saturated carbocycles. The number of thiazole rings is 1. The van der Waals surface area contributed by atoms with Gasteiger partial charge < -0.3 is 9.72 Å². The Hall–Kier alpha value is -2.81. The van der Waals surface area contributed by atoms with E-state index in [9.17, 15) is 18.4 Å². The fourth-order valence-electron chi connectivity index (χ4n) is 2.52. The minimum Gasteiger partial charge on any atom is -0.465 e. The lowest BCUT2D eigenvalue weighted by molar-refractivity contribution is 0.0599. The number of H-pyrrole nitrogens is 1. The summed E-state index contributed by atoms with van der Waals surface area (Å²) in [5.74, 6) is -3.05. The Balaban J connectivity index is 1.91. The normalized spacial score (nSPS) is 10.9. The lowest BCUT2D eigenvalue weighted by Crippen LogP contribution is -2.14. The first-order valence-corrected chi connectivity index (χ1v) is 7.98. The molecule has 6 nitrogen and oxygen atoms in total. The lowest BCUT2D eigenvalue weighted by atomic mass is 10.1. The van der Waals surface area contributed by atoms with Gasteiger partial charge in [0.2, 0.25) is 0 Å². The lowest BCUT2D eigenvalue weighted by Gasteiger charge is -2.01. The number of esters is 1. The number of halogens is 2. The number of aromatic nitrogens is 2. The Morgan fingerprint density at radius 2 is 1.92 bits per heavy atom. The number of nitrogens with one attached hydrogen (secondary N) is 2. The molecule has 2 aromatic heterocycles. The number of methoxy groups -OCH3 is 1. The molecular weight excluding hydrogens is 352 g/mol. The Bertz CT molecular complexity index is 971.